The van der Waals surface area contributed by atoms with E-state index in [0.29, 0.717) is 12.0 Å². The van der Waals surface area contributed by atoms with Crippen LogP contribution in [0.2, 0.25) is 0 Å². The molecule has 1 unspecified atom stereocenters. The number of nitrogens with one attached hydrogen (secondary N) is 1. The number of rotatable bonds is 6. The zero-order chi connectivity index (χ0) is 19.8. The number of hydrogen-bond acceptors (Lipinski definition) is 5. The van der Waals surface area contributed by atoms with Crippen molar-refractivity contribution in [2.24, 2.45) is 0 Å². The lowest BCUT2D eigenvalue weighted by atomic mass is 9.75. The third-order valence-corrected chi connectivity index (χ3v) is 5.94. The molecule has 1 aromatic carbocycles. The molecule has 0 bridgehead atoms. The third kappa shape index (κ3) is 3.97. The van der Waals surface area contributed by atoms with Crippen molar-refractivity contribution >= 4 is 29.4 Å². The maximum Gasteiger partial charge on any atom is 0.495 e. The molecule has 1 aliphatic heterocycles. The van der Waals surface area contributed by atoms with Gasteiger partial charge in [-0.3, -0.25) is 0 Å². The monoisotopic (exact) mass is 369 g/mol. The predicted octanol–water partition coefficient (Wildman–Crippen LogP) is 4.23. The topological polar surface area (TPSA) is 56.3 Å². The van der Waals surface area contributed by atoms with Crippen molar-refractivity contribution in [1.82, 2.24) is 9.97 Å². The highest BCUT2D eigenvalue weighted by atomic mass is 16.7. The van der Waals surface area contributed by atoms with Crippen molar-refractivity contribution in [1.29, 1.82) is 0 Å². The number of hydrogen-bond donors (Lipinski definition) is 1. The first-order valence-electron chi connectivity index (χ1n) is 10.1. The van der Waals surface area contributed by atoms with Crippen molar-refractivity contribution < 1.29 is 9.31 Å². The van der Waals surface area contributed by atoms with Gasteiger partial charge in [0.05, 0.1) is 16.7 Å². The highest BCUT2D eigenvalue weighted by Gasteiger charge is 2.52. The molecule has 2 aromatic rings. The minimum atomic E-state index is -0.369. The summed E-state index contributed by atoms with van der Waals surface area (Å²) in [6, 6.07) is 4.61. The lowest BCUT2D eigenvalue weighted by Gasteiger charge is -2.32. The lowest BCUT2D eigenvalue weighted by Crippen LogP contribution is -2.41. The minimum Gasteiger partial charge on any atom is -0.399 e. The van der Waals surface area contributed by atoms with Crippen LogP contribution in [0.3, 0.4) is 0 Å². The second-order valence-electron chi connectivity index (χ2n) is 8.59. The van der Waals surface area contributed by atoms with Crippen LogP contribution in [0.1, 0.15) is 66.4 Å². The molecule has 1 fully saturated rings. The maximum atomic E-state index is 6.22. The summed E-state index contributed by atoms with van der Waals surface area (Å²) in [6.07, 6.45) is 5.22. The summed E-state index contributed by atoms with van der Waals surface area (Å²) < 4.78 is 12.4. The number of aryl methyl sites for hydroxylation is 1. The van der Waals surface area contributed by atoms with E-state index in [4.69, 9.17) is 14.3 Å². The van der Waals surface area contributed by atoms with Gasteiger partial charge in [-0.1, -0.05) is 26.3 Å². The van der Waals surface area contributed by atoms with E-state index in [1.165, 1.54) is 0 Å². The summed E-state index contributed by atoms with van der Waals surface area (Å²) in [5.74, 6) is 0.700. The Kier molecular flexibility index (Phi) is 5.51. The highest BCUT2D eigenvalue weighted by Crippen LogP contribution is 2.36. The largest absolute Gasteiger partial charge is 0.495 e. The maximum absolute atomic E-state index is 6.22. The average Bonchev–Trinajstić information content (AvgIpc) is 2.81. The normalized spacial score (nSPS) is 19.4. The van der Waals surface area contributed by atoms with Gasteiger partial charge < -0.3 is 14.6 Å². The van der Waals surface area contributed by atoms with Gasteiger partial charge in [0, 0.05) is 17.6 Å². The number of benzene rings is 1. The predicted molar refractivity (Wildman–Crippen MR) is 113 cm³/mol. The molecule has 1 saturated heterocycles. The Hall–Kier alpha value is -1.66. The second-order valence-corrected chi connectivity index (χ2v) is 8.59. The lowest BCUT2D eigenvalue weighted by molar-refractivity contribution is 0.00578. The fourth-order valence-electron chi connectivity index (χ4n) is 3.40. The summed E-state index contributed by atoms with van der Waals surface area (Å²) in [6.45, 7) is 14.8. The van der Waals surface area contributed by atoms with Crippen LogP contribution in [0.15, 0.2) is 18.3 Å². The van der Waals surface area contributed by atoms with E-state index in [0.717, 1.165) is 41.2 Å². The van der Waals surface area contributed by atoms with E-state index in [-0.39, 0.29) is 18.3 Å². The fourth-order valence-corrected chi connectivity index (χ4v) is 3.40. The van der Waals surface area contributed by atoms with Gasteiger partial charge in [0.15, 0.2) is 0 Å². The molecule has 1 N–H and O–H groups in total. The molecule has 0 spiro atoms. The number of anilines is 1. The molecule has 1 aliphatic rings. The third-order valence-electron chi connectivity index (χ3n) is 5.94. The van der Waals surface area contributed by atoms with Crippen molar-refractivity contribution in [2.75, 3.05) is 5.32 Å². The Bertz CT molecular complexity index is 806. The van der Waals surface area contributed by atoms with Gasteiger partial charge in [-0.25, -0.2) is 9.97 Å². The zero-order valence-electron chi connectivity index (χ0n) is 17.7. The molecule has 146 valence electrons. The van der Waals surface area contributed by atoms with E-state index in [1.807, 2.05) is 6.20 Å². The molecule has 27 heavy (non-hydrogen) atoms. The van der Waals surface area contributed by atoms with Crippen molar-refractivity contribution in [3.63, 3.8) is 0 Å². The van der Waals surface area contributed by atoms with Crippen molar-refractivity contribution in [3.05, 3.63) is 23.9 Å². The molecule has 1 atom stereocenters. The van der Waals surface area contributed by atoms with Crippen LogP contribution in [0.5, 0.6) is 0 Å². The Morgan fingerprint density at radius 2 is 1.78 bits per heavy atom. The van der Waals surface area contributed by atoms with E-state index >= 15 is 0 Å². The van der Waals surface area contributed by atoms with Gasteiger partial charge in [0.2, 0.25) is 5.95 Å². The van der Waals surface area contributed by atoms with Gasteiger partial charge in [0.25, 0.3) is 0 Å². The van der Waals surface area contributed by atoms with Gasteiger partial charge in [-0.2, -0.15) is 0 Å². The van der Waals surface area contributed by atoms with Crippen LogP contribution < -0.4 is 10.8 Å². The zero-order valence-corrected chi connectivity index (χ0v) is 17.7. The Morgan fingerprint density at radius 3 is 2.37 bits per heavy atom. The summed E-state index contributed by atoms with van der Waals surface area (Å²) in [5.41, 5.74) is 2.40. The molecule has 0 amide bonds. The van der Waals surface area contributed by atoms with Crippen LogP contribution in [0.25, 0.3) is 10.9 Å². The van der Waals surface area contributed by atoms with Crippen molar-refractivity contribution in [2.45, 2.75) is 85.0 Å². The first-order chi connectivity index (χ1) is 12.7. The minimum absolute atomic E-state index is 0.349. The molecule has 1 aromatic heterocycles. The highest BCUT2D eigenvalue weighted by molar-refractivity contribution is 6.63. The molecule has 6 heteroatoms. The van der Waals surface area contributed by atoms with Crippen LogP contribution in [0.4, 0.5) is 5.95 Å². The summed E-state index contributed by atoms with van der Waals surface area (Å²) in [4.78, 5) is 9.25. The number of aromatic nitrogens is 2. The first-order valence-corrected chi connectivity index (χ1v) is 10.1. The molecule has 5 nitrogen and oxygen atoms in total. The molecule has 0 saturated carbocycles. The molecule has 2 heterocycles. The summed E-state index contributed by atoms with van der Waals surface area (Å²) in [7, 11) is -0.369. The molecule has 0 aliphatic carbocycles. The SMILES string of the molecule is CCCC(CC)Nc1ncc2cc(B3OC(C)(C)C(C)(C)O3)c(C)cc2n1. The molecular formula is C21H32BN3O2. The average molecular weight is 369 g/mol. The number of fused-ring (bicyclic) bond motifs is 1. The van der Waals surface area contributed by atoms with Gasteiger partial charge in [-0.15, -0.1) is 0 Å². The summed E-state index contributed by atoms with van der Waals surface area (Å²) in [5, 5.41) is 4.46. The first kappa shape index (κ1) is 20.1. The Morgan fingerprint density at radius 1 is 1.11 bits per heavy atom. The smallest absolute Gasteiger partial charge is 0.399 e. The second kappa shape index (κ2) is 7.40. The van der Waals surface area contributed by atoms with Crippen LogP contribution in [0, 0.1) is 6.92 Å². The van der Waals surface area contributed by atoms with E-state index in [2.05, 4.69) is 70.9 Å². The fraction of sp³-hybridized carbons (Fsp3) is 0.619. The van der Waals surface area contributed by atoms with Crippen LogP contribution >= 0.6 is 0 Å². The Labute approximate surface area is 163 Å². The van der Waals surface area contributed by atoms with E-state index < -0.39 is 0 Å². The molecule has 0 radical (unpaired) electrons. The van der Waals surface area contributed by atoms with Crippen LogP contribution in [-0.4, -0.2) is 34.3 Å². The molecular weight excluding hydrogens is 337 g/mol. The van der Waals surface area contributed by atoms with E-state index in [1.54, 1.807) is 0 Å². The quantitative estimate of drug-likeness (QED) is 0.773. The van der Waals surface area contributed by atoms with Gasteiger partial charge in [0.1, 0.15) is 0 Å². The molecule has 3 rings (SSSR count). The Balaban J connectivity index is 1.89. The van der Waals surface area contributed by atoms with E-state index in [9.17, 15) is 0 Å². The summed E-state index contributed by atoms with van der Waals surface area (Å²) >= 11 is 0. The van der Waals surface area contributed by atoms with Crippen LogP contribution in [-0.2, 0) is 9.31 Å². The van der Waals surface area contributed by atoms with Gasteiger partial charge in [-0.05, 0) is 64.6 Å². The van der Waals surface area contributed by atoms with Crippen molar-refractivity contribution in [3.8, 4) is 0 Å². The standard InChI is InChI=1S/C21H32BN3O2/c1-8-10-16(9-2)24-19-23-13-15-12-17(14(3)11-18(15)25-19)22-26-20(4,5)21(6,7)27-22/h11-13,16H,8-10H2,1-7H3,(H,23,24,25). The van der Waals surface area contributed by atoms with Gasteiger partial charge >= 0.3 is 7.12 Å². The number of nitrogens with zero attached hydrogens (tertiary/aromatic N) is 2.